The van der Waals surface area contributed by atoms with E-state index in [4.69, 9.17) is 0 Å². The molecule has 0 saturated carbocycles. The Balaban J connectivity index is 0.00000324. The Morgan fingerprint density at radius 1 is 1.26 bits per heavy atom. The van der Waals surface area contributed by atoms with E-state index in [0.29, 0.717) is 0 Å². The highest BCUT2D eigenvalue weighted by Gasteiger charge is 1.99. The zero-order valence-electron chi connectivity index (χ0n) is 11.9. The minimum atomic E-state index is 0. The van der Waals surface area contributed by atoms with Gasteiger partial charge in [-0.15, -0.1) is 35.3 Å². The highest BCUT2D eigenvalue weighted by atomic mass is 127. The molecule has 0 aliphatic carbocycles. The van der Waals surface area contributed by atoms with Gasteiger partial charge in [-0.2, -0.15) is 11.8 Å². The average Bonchev–Trinajstić information content (AvgIpc) is 2.84. The van der Waals surface area contributed by atoms with E-state index in [1.54, 1.807) is 0 Å². The van der Waals surface area contributed by atoms with Crippen molar-refractivity contribution in [2.45, 2.75) is 26.8 Å². The molecule has 1 rings (SSSR count). The Morgan fingerprint density at radius 2 is 2.00 bits per heavy atom. The highest BCUT2D eigenvalue weighted by Crippen LogP contribution is 2.17. The lowest BCUT2D eigenvalue weighted by Gasteiger charge is -2.10. The second-order valence-corrected chi connectivity index (χ2v) is 6.07. The van der Waals surface area contributed by atoms with Crippen molar-refractivity contribution in [1.29, 1.82) is 0 Å². The fourth-order valence-corrected chi connectivity index (χ4v) is 2.66. The van der Waals surface area contributed by atoms with Gasteiger partial charge in [0.25, 0.3) is 0 Å². The molecule has 19 heavy (non-hydrogen) atoms. The summed E-state index contributed by atoms with van der Waals surface area (Å²) in [5.74, 6) is 2.02. The van der Waals surface area contributed by atoms with Crippen LogP contribution < -0.4 is 10.6 Å². The summed E-state index contributed by atoms with van der Waals surface area (Å²) < 4.78 is 0. The Labute approximate surface area is 142 Å². The molecule has 3 nitrogen and oxygen atoms in total. The van der Waals surface area contributed by atoms with E-state index in [0.717, 1.165) is 37.8 Å². The molecule has 0 aliphatic rings. The molecule has 0 radical (unpaired) electrons. The second-order valence-electron chi connectivity index (χ2n) is 3.84. The fraction of sp³-hybridized carbons (Fsp3) is 0.615. The predicted octanol–water partition coefficient (Wildman–Crippen LogP) is 3.35. The number of hydrogen-bond donors (Lipinski definition) is 2. The summed E-state index contributed by atoms with van der Waals surface area (Å²) in [6.07, 6.45) is 3.23. The normalized spacial score (nSPS) is 11.0. The molecule has 0 saturated heterocycles. The average molecular weight is 413 g/mol. The molecule has 1 aromatic heterocycles. The highest BCUT2D eigenvalue weighted by molar-refractivity contribution is 14.0. The molecule has 0 fully saturated rings. The van der Waals surface area contributed by atoms with Gasteiger partial charge in [-0.25, -0.2) is 4.99 Å². The van der Waals surface area contributed by atoms with E-state index in [1.165, 1.54) is 9.75 Å². The van der Waals surface area contributed by atoms with Gasteiger partial charge in [0.15, 0.2) is 5.96 Å². The van der Waals surface area contributed by atoms with Crippen LogP contribution >= 0.6 is 47.1 Å². The van der Waals surface area contributed by atoms with E-state index < -0.39 is 0 Å². The van der Waals surface area contributed by atoms with Crippen LogP contribution in [0.1, 0.15) is 23.6 Å². The van der Waals surface area contributed by atoms with Crippen LogP contribution in [0.15, 0.2) is 17.1 Å². The SMILES string of the molecule is CCNC(=NCc1ccc(CC)s1)NCCSC.I. The number of thioether (sulfide) groups is 1. The number of guanidine groups is 1. The summed E-state index contributed by atoms with van der Waals surface area (Å²) >= 11 is 3.69. The summed E-state index contributed by atoms with van der Waals surface area (Å²) in [4.78, 5) is 7.36. The minimum Gasteiger partial charge on any atom is -0.357 e. The minimum absolute atomic E-state index is 0. The first kappa shape index (κ1) is 19.1. The van der Waals surface area contributed by atoms with Gasteiger partial charge in [0, 0.05) is 28.6 Å². The molecule has 6 heteroatoms. The summed E-state index contributed by atoms with van der Waals surface area (Å²) in [6.45, 7) is 6.89. The number of rotatable bonds is 7. The van der Waals surface area contributed by atoms with Crippen LogP contribution in [0.4, 0.5) is 0 Å². The molecular formula is C13H24IN3S2. The molecule has 110 valence electrons. The van der Waals surface area contributed by atoms with E-state index in [2.05, 4.69) is 47.9 Å². The molecule has 0 unspecified atom stereocenters. The smallest absolute Gasteiger partial charge is 0.191 e. The number of thiophene rings is 1. The number of aryl methyl sites for hydroxylation is 1. The van der Waals surface area contributed by atoms with Crippen LogP contribution in [0.25, 0.3) is 0 Å². The van der Waals surface area contributed by atoms with E-state index in [-0.39, 0.29) is 24.0 Å². The first-order valence-corrected chi connectivity index (χ1v) is 8.59. The number of nitrogens with one attached hydrogen (secondary N) is 2. The van der Waals surface area contributed by atoms with Crippen molar-refractivity contribution in [3.05, 3.63) is 21.9 Å². The van der Waals surface area contributed by atoms with E-state index >= 15 is 0 Å². The summed E-state index contributed by atoms with van der Waals surface area (Å²) in [5.41, 5.74) is 0. The first-order valence-electron chi connectivity index (χ1n) is 6.38. The molecule has 0 aromatic carbocycles. The first-order chi connectivity index (χ1) is 8.80. The van der Waals surface area contributed by atoms with Gasteiger partial charge in [0.1, 0.15) is 0 Å². The molecule has 0 aliphatic heterocycles. The van der Waals surface area contributed by atoms with Gasteiger partial charge < -0.3 is 10.6 Å². The van der Waals surface area contributed by atoms with Gasteiger partial charge >= 0.3 is 0 Å². The molecule has 1 heterocycles. The number of aliphatic imine (C=N–C) groups is 1. The Bertz CT molecular complexity index is 367. The predicted molar refractivity (Wildman–Crippen MR) is 100 cm³/mol. The third-order valence-corrected chi connectivity index (χ3v) is 4.23. The fourth-order valence-electron chi connectivity index (χ4n) is 1.47. The van der Waals surface area contributed by atoms with Crippen molar-refractivity contribution >= 4 is 53.0 Å². The van der Waals surface area contributed by atoms with Crippen molar-refractivity contribution in [3.63, 3.8) is 0 Å². The van der Waals surface area contributed by atoms with Gasteiger partial charge in [-0.3, -0.25) is 0 Å². The van der Waals surface area contributed by atoms with Crippen LogP contribution in [-0.2, 0) is 13.0 Å². The van der Waals surface area contributed by atoms with Crippen LogP contribution in [0.3, 0.4) is 0 Å². The van der Waals surface area contributed by atoms with Crippen LogP contribution in [0.2, 0.25) is 0 Å². The van der Waals surface area contributed by atoms with Crippen molar-refractivity contribution in [2.24, 2.45) is 4.99 Å². The quantitative estimate of drug-likeness (QED) is 0.312. The molecule has 0 bridgehead atoms. The number of hydrogen-bond acceptors (Lipinski definition) is 3. The molecule has 1 aromatic rings. The van der Waals surface area contributed by atoms with Crippen molar-refractivity contribution in [1.82, 2.24) is 10.6 Å². The van der Waals surface area contributed by atoms with E-state index in [1.807, 2.05) is 23.1 Å². The van der Waals surface area contributed by atoms with Gasteiger partial charge in [-0.1, -0.05) is 6.92 Å². The molecule has 0 spiro atoms. The summed E-state index contributed by atoms with van der Waals surface area (Å²) in [6, 6.07) is 4.38. The Morgan fingerprint density at radius 3 is 2.58 bits per heavy atom. The van der Waals surface area contributed by atoms with Crippen LogP contribution in [-0.4, -0.2) is 31.1 Å². The van der Waals surface area contributed by atoms with Gasteiger partial charge in [-0.05, 0) is 31.7 Å². The maximum absolute atomic E-state index is 4.60. The van der Waals surface area contributed by atoms with Crippen molar-refractivity contribution < 1.29 is 0 Å². The lowest BCUT2D eigenvalue weighted by molar-refractivity contribution is 0.845. The zero-order chi connectivity index (χ0) is 13.2. The number of nitrogens with zero attached hydrogens (tertiary/aromatic N) is 1. The van der Waals surface area contributed by atoms with Crippen molar-refractivity contribution in [3.8, 4) is 0 Å². The molecule has 0 atom stereocenters. The molecular weight excluding hydrogens is 389 g/mol. The molecule has 2 N–H and O–H groups in total. The second kappa shape index (κ2) is 11.8. The third kappa shape index (κ3) is 8.04. The lowest BCUT2D eigenvalue weighted by Crippen LogP contribution is -2.38. The largest absolute Gasteiger partial charge is 0.357 e. The zero-order valence-corrected chi connectivity index (χ0v) is 15.8. The number of halogens is 1. The lowest BCUT2D eigenvalue weighted by atomic mass is 10.4. The standard InChI is InChI=1S/C13H23N3S2.HI/c1-4-11-6-7-12(18-11)10-16-13(14-5-2)15-8-9-17-3;/h6-7H,4-5,8-10H2,1-3H3,(H2,14,15,16);1H. The maximum atomic E-state index is 4.60. The van der Waals surface area contributed by atoms with Gasteiger partial charge in [0.2, 0.25) is 0 Å². The Hall–Kier alpha value is 0.0500. The van der Waals surface area contributed by atoms with Crippen LogP contribution in [0, 0.1) is 0 Å². The monoisotopic (exact) mass is 413 g/mol. The summed E-state index contributed by atoms with van der Waals surface area (Å²) in [5, 5.41) is 6.60. The third-order valence-electron chi connectivity index (χ3n) is 2.40. The van der Waals surface area contributed by atoms with Crippen molar-refractivity contribution in [2.75, 3.05) is 25.1 Å². The van der Waals surface area contributed by atoms with E-state index in [9.17, 15) is 0 Å². The summed E-state index contributed by atoms with van der Waals surface area (Å²) in [7, 11) is 0. The van der Waals surface area contributed by atoms with Crippen LogP contribution in [0.5, 0.6) is 0 Å². The maximum Gasteiger partial charge on any atom is 0.191 e. The van der Waals surface area contributed by atoms with Gasteiger partial charge in [0.05, 0.1) is 6.54 Å². The Kier molecular flexibility index (Phi) is 11.9. The molecule has 0 amide bonds. The topological polar surface area (TPSA) is 36.4 Å².